The van der Waals surface area contributed by atoms with Gasteiger partial charge in [0.25, 0.3) is 5.91 Å². The van der Waals surface area contributed by atoms with Crippen LogP contribution in [0.5, 0.6) is 0 Å². The number of carbonyl (C=O) groups excluding carboxylic acids is 2. The van der Waals surface area contributed by atoms with Crippen LogP contribution in [-0.4, -0.2) is 46.5 Å². The van der Waals surface area contributed by atoms with Gasteiger partial charge in [-0.2, -0.15) is 5.10 Å². The van der Waals surface area contributed by atoms with Crippen LogP contribution < -0.4 is 5.32 Å². The Balaban J connectivity index is 1.66. The van der Waals surface area contributed by atoms with Crippen LogP contribution in [0.2, 0.25) is 0 Å². The van der Waals surface area contributed by atoms with Crippen LogP contribution in [0.3, 0.4) is 0 Å². The number of aromatic nitrogens is 2. The van der Waals surface area contributed by atoms with Gasteiger partial charge in [-0.05, 0) is 38.3 Å². The van der Waals surface area contributed by atoms with Crippen LogP contribution in [0.15, 0.2) is 18.2 Å². The summed E-state index contributed by atoms with van der Waals surface area (Å²) in [6.45, 7) is 3.57. The highest BCUT2D eigenvalue weighted by atomic mass is 16.2. The molecule has 0 radical (unpaired) electrons. The molecule has 0 atom stereocenters. The molecule has 1 aromatic heterocycles. The predicted octanol–water partition coefficient (Wildman–Crippen LogP) is 1.61. The minimum atomic E-state index is -0.317. The number of piperidine rings is 1. The maximum absolute atomic E-state index is 12.3. The first-order valence-corrected chi connectivity index (χ1v) is 7.66. The number of amides is 2. The molecule has 1 aromatic carbocycles. The van der Waals surface area contributed by atoms with Gasteiger partial charge >= 0.3 is 0 Å². The number of nitrogens with one attached hydrogen (secondary N) is 2. The standard InChI is InChI=1S/C16H20N4O2/c1-11-5-6-13-12(9-11)15(19-18-13)16(22)17-10-14(21)20-7-3-2-4-8-20/h5-6,9H,2-4,7-8,10H2,1H3,(H,17,22)(H,18,19). The molecule has 0 unspecified atom stereocenters. The van der Waals surface area contributed by atoms with Crippen molar-refractivity contribution in [2.75, 3.05) is 19.6 Å². The Labute approximate surface area is 128 Å². The number of hydrogen-bond donors (Lipinski definition) is 2. The molecule has 2 aromatic rings. The first-order valence-electron chi connectivity index (χ1n) is 7.66. The summed E-state index contributed by atoms with van der Waals surface area (Å²) < 4.78 is 0. The normalized spacial score (nSPS) is 15.0. The Morgan fingerprint density at radius 1 is 1.27 bits per heavy atom. The van der Waals surface area contributed by atoms with Crippen LogP contribution >= 0.6 is 0 Å². The average molecular weight is 300 g/mol. The summed E-state index contributed by atoms with van der Waals surface area (Å²) in [5, 5.41) is 10.4. The SMILES string of the molecule is Cc1ccc2[nH]nc(C(=O)NCC(=O)N3CCCCC3)c2c1. The van der Waals surface area contributed by atoms with E-state index in [1.807, 2.05) is 30.0 Å². The summed E-state index contributed by atoms with van der Waals surface area (Å²) in [5.74, 6) is -0.341. The van der Waals surface area contributed by atoms with E-state index in [-0.39, 0.29) is 18.4 Å². The van der Waals surface area contributed by atoms with E-state index >= 15 is 0 Å². The van der Waals surface area contributed by atoms with E-state index in [9.17, 15) is 9.59 Å². The summed E-state index contributed by atoms with van der Waals surface area (Å²) in [6.07, 6.45) is 3.26. The molecule has 0 saturated carbocycles. The van der Waals surface area contributed by atoms with Crippen molar-refractivity contribution >= 4 is 22.7 Å². The van der Waals surface area contributed by atoms with Gasteiger partial charge in [-0.3, -0.25) is 14.7 Å². The van der Waals surface area contributed by atoms with Crippen LogP contribution in [-0.2, 0) is 4.79 Å². The van der Waals surface area contributed by atoms with E-state index in [2.05, 4.69) is 15.5 Å². The minimum absolute atomic E-state index is 0.0240. The number of rotatable bonds is 3. The maximum atomic E-state index is 12.3. The number of fused-ring (bicyclic) bond motifs is 1. The molecule has 0 spiro atoms. The summed E-state index contributed by atoms with van der Waals surface area (Å²) in [6, 6.07) is 5.77. The number of H-pyrrole nitrogens is 1. The Bertz CT molecular complexity index is 701. The number of carbonyl (C=O) groups is 2. The van der Waals surface area contributed by atoms with Crippen molar-refractivity contribution in [3.8, 4) is 0 Å². The van der Waals surface area contributed by atoms with Crippen molar-refractivity contribution in [1.82, 2.24) is 20.4 Å². The molecule has 6 heteroatoms. The van der Waals surface area contributed by atoms with Gasteiger partial charge in [-0.1, -0.05) is 11.6 Å². The largest absolute Gasteiger partial charge is 0.342 e. The van der Waals surface area contributed by atoms with Crippen LogP contribution in [0.4, 0.5) is 0 Å². The number of hydrogen-bond acceptors (Lipinski definition) is 3. The van der Waals surface area contributed by atoms with Gasteiger partial charge < -0.3 is 10.2 Å². The zero-order valence-electron chi connectivity index (χ0n) is 12.7. The molecule has 1 fully saturated rings. The van der Waals surface area contributed by atoms with E-state index in [0.717, 1.165) is 42.4 Å². The minimum Gasteiger partial charge on any atom is -0.342 e. The topological polar surface area (TPSA) is 78.1 Å². The first kappa shape index (κ1) is 14.6. The molecule has 1 aliphatic rings. The Morgan fingerprint density at radius 2 is 2.05 bits per heavy atom. The van der Waals surface area contributed by atoms with Gasteiger partial charge in [0.1, 0.15) is 0 Å². The molecule has 2 heterocycles. The van der Waals surface area contributed by atoms with Crippen LogP contribution in [0.1, 0.15) is 35.3 Å². The number of benzene rings is 1. The Kier molecular flexibility index (Phi) is 4.09. The average Bonchev–Trinajstić information content (AvgIpc) is 2.96. The first-order chi connectivity index (χ1) is 10.6. The lowest BCUT2D eigenvalue weighted by Gasteiger charge is -2.26. The molecule has 1 saturated heterocycles. The van der Waals surface area contributed by atoms with Gasteiger partial charge in [-0.15, -0.1) is 0 Å². The number of aryl methyl sites for hydroxylation is 1. The van der Waals surface area contributed by atoms with E-state index in [1.165, 1.54) is 6.42 Å². The number of likely N-dealkylation sites (tertiary alicyclic amines) is 1. The molecule has 116 valence electrons. The predicted molar refractivity (Wildman–Crippen MR) is 83.6 cm³/mol. The smallest absolute Gasteiger partial charge is 0.272 e. The fourth-order valence-electron chi connectivity index (χ4n) is 2.80. The lowest BCUT2D eigenvalue weighted by molar-refractivity contribution is -0.130. The van der Waals surface area contributed by atoms with Gasteiger partial charge in [0.15, 0.2) is 5.69 Å². The fourth-order valence-corrected chi connectivity index (χ4v) is 2.80. The molecule has 0 aliphatic carbocycles. The monoisotopic (exact) mass is 300 g/mol. The Hall–Kier alpha value is -2.37. The Morgan fingerprint density at radius 3 is 2.82 bits per heavy atom. The highest BCUT2D eigenvalue weighted by Gasteiger charge is 2.19. The van der Waals surface area contributed by atoms with Gasteiger partial charge in [0, 0.05) is 18.5 Å². The van der Waals surface area contributed by atoms with Crippen molar-refractivity contribution in [3.05, 3.63) is 29.5 Å². The molecular formula is C16H20N4O2. The van der Waals surface area contributed by atoms with Gasteiger partial charge in [0.05, 0.1) is 12.1 Å². The summed E-state index contributed by atoms with van der Waals surface area (Å²) in [4.78, 5) is 26.1. The quantitative estimate of drug-likeness (QED) is 0.904. The summed E-state index contributed by atoms with van der Waals surface area (Å²) in [5.41, 5.74) is 2.22. The van der Waals surface area contributed by atoms with Crippen molar-refractivity contribution in [2.24, 2.45) is 0 Å². The van der Waals surface area contributed by atoms with Gasteiger partial charge in [0.2, 0.25) is 5.91 Å². The van der Waals surface area contributed by atoms with E-state index < -0.39 is 0 Å². The summed E-state index contributed by atoms with van der Waals surface area (Å²) >= 11 is 0. The summed E-state index contributed by atoms with van der Waals surface area (Å²) in [7, 11) is 0. The highest BCUT2D eigenvalue weighted by Crippen LogP contribution is 2.17. The molecule has 6 nitrogen and oxygen atoms in total. The van der Waals surface area contributed by atoms with Crippen molar-refractivity contribution in [3.63, 3.8) is 0 Å². The third kappa shape index (κ3) is 2.95. The lowest BCUT2D eigenvalue weighted by atomic mass is 10.1. The third-order valence-electron chi connectivity index (χ3n) is 4.04. The lowest BCUT2D eigenvalue weighted by Crippen LogP contribution is -2.42. The van der Waals surface area contributed by atoms with E-state index in [1.54, 1.807) is 0 Å². The molecule has 0 bridgehead atoms. The third-order valence-corrected chi connectivity index (χ3v) is 4.04. The maximum Gasteiger partial charge on any atom is 0.272 e. The van der Waals surface area contributed by atoms with Crippen LogP contribution in [0.25, 0.3) is 10.9 Å². The highest BCUT2D eigenvalue weighted by molar-refractivity contribution is 6.05. The van der Waals surface area contributed by atoms with Crippen molar-refractivity contribution in [1.29, 1.82) is 0 Å². The fraction of sp³-hybridized carbons (Fsp3) is 0.438. The molecule has 2 amide bonds. The molecule has 22 heavy (non-hydrogen) atoms. The van der Waals surface area contributed by atoms with E-state index in [4.69, 9.17) is 0 Å². The van der Waals surface area contributed by atoms with Crippen molar-refractivity contribution in [2.45, 2.75) is 26.2 Å². The van der Waals surface area contributed by atoms with E-state index in [0.29, 0.717) is 5.69 Å². The second-order valence-electron chi connectivity index (χ2n) is 5.75. The molecular weight excluding hydrogens is 280 g/mol. The van der Waals surface area contributed by atoms with Gasteiger partial charge in [-0.25, -0.2) is 0 Å². The number of aromatic amines is 1. The van der Waals surface area contributed by atoms with Crippen molar-refractivity contribution < 1.29 is 9.59 Å². The molecule has 2 N–H and O–H groups in total. The second kappa shape index (κ2) is 6.17. The second-order valence-corrected chi connectivity index (χ2v) is 5.75. The molecule has 3 rings (SSSR count). The zero-order valence-corrected chi connectivity index (χ0v) is 12.7. The number of nitrogens with zero attached hydrogens (tertiary/aromatic N) is 2. The molecule has 1 aliphatic heterocycles. The van der Waals surface area contributed by atoms with Crippen LogP contribution in [0, 0.1) is 6.92 Å². The zero-order chi connectivity index (χ0) is 15.5.